The van der Waals surface area contributed by atoms with Gasteiger partial charge in [-0.05, 0) is 24.5 Å². The van der Waals surface area contributed by atoms with Crippen molar-refractivity contribution in [2.75, 3.05) is 13.1 Å². The normalized spacial score (nSPS) is 24.9. The maximum absolute atomic E-state index is 13.7. The highest BCUT2D eigenvalue weighted by Gasteiger charge is 2.34. The Morgan fingerprint density at radius 1 is 1.40 bits per heavy atom. The van der Waals surface area contributed by atoms with Crippen molar-refractivity contribution in [2.45, 2.75) is 23.1 Å². The molecule has 112 valence electrons. The summed E-state index contributed by atoms with van der Waals surface area (Å²) < 4.78 is 40.1. The largest absolute Gasteiger partial charge is 0.244 e. The van der Waals surface area contributed by atoms with E-state index in [9.17, 15) is 12.8 Å². The SMILES string of the molecule is CC1CCN(S(=O)(=O)c2ccc(Cl)c(F)c2Cl)CC1Br. The monoisotopic (exact) mass is 403 g/mol. The fourth-order valence-corrected chi connectivity index (χ4v) is 5.06. The summed E-state index contributed by atoms with van der Waals surface area (Å²) in [6, 6.07) is 2.44. The average Bonchev–Trinajstić information content (AvgIpc) is 2.38. The Morgan fingerprint density at radius 3 is 2.65 bits per heavy atom. The number of nitrogens with zero attached hydrogens (tertiary/aromatic N) is 1. The zero-order valence-corrected chi connectivity index (χ0v) is 14.5. The molecule has 0 aromatic heterocycles. The van der Waals surface area contributed by atoms with Crippen LogP contribution in [0.2, 0.25) is 10.0 Å². The van der Waals surface area contributed by atoms with Crippen molar-refractivity contribution in [1.82, 2.24) is 4.31 Å². The molecule has 1 aliphatic rings. The Bertz CT molecular complexity index is 626. The smallest absolute Gasteiger partial charge is 0.207 e. The minimum absolute atomic E-state index is 0.0712. The van der Waals surface area contributed by atoms with Crippen LogP contribution in [0.4, 0.5) is 4.39 Å². The van der Waals surface area contributed by atoms with Gasteiger partial charge in [0, 0.05) is 17.9 Å². The molecular weight excluding hydrogens is 392 g/mol. The summed E-state index contributed by atoms with van der Waals surface area (Å²) in [5.74, 6) is -0.519. The second kappa shape index (κ2) is 6.08. The fourth-order valence-electron chi connectivity index (χ4n) is 2.06. The van der Waals surface area contributed by atoms with Gasteiger partial charge in [-0.2, -0.15) is 4.31 Å². The van der Waals surface area contributed by atoms with Gasteiger partial charge in [0.05, 0.1) is 10.0 Å². The topological polar surface area (TPSA) is 37.4 Å². The van der Waals surface area contributed by atoms with Crippen LogP contribution in [0, 0.1) is 11.7 Å². The molecule has 0 N–H and O–H groups in total. The van der Waals surface area contributed by atoms with E-state index in [1.54, 1.807) is 0 Å². The quantitative estimate of drug-likeness (QED) is 0.553. The number of benzene rings is 1. The van der Waals surface area contributed by atoms with Crippen LogP contribution >= 0.6 is 39.1 Å². The maximum atomic E-state index is 13.7. The second-order valence-corrected chi connectivity index (χ2v) is 8.69. The van der Waals surface area contributed by atoms with E-state index in [1.807, 2.05) is 0 Å². The van der Waals surface area contributed by atoms with Crippen LogP contribution in [-0.2, 0) is 10.0 Å². The number of rotatable bonds is 2. The lowest BCUT2D eigenvalue weighted by Gasteiger charge is -2.33. The molecule has 8 heteroatoms. The van der Waals surface area contributed by atoms with Gasteiger partial charge in [-0.25, -0.2) is 12.8 Å². The van der Waals surface area contributed by atoms with E-state index in [0.29, 0.717) is 19.0 Å². The number of piperidine rings is 1. The lowest BCUT2D eigenvalue weighted by molar-refractivity contribution is 0.300. The summed E-state index contributed by atoms with van der Waals surface area (Å²) in [6.45, 7) is 2.79. The van der Waals surface area contributed by atoms with Crippen molar-refractivity contribution in [1.29, 1.82) is 0 Å². The third-order valence-electron chi connectivity index (χ3n) is 3.45. The molecule has 2 unspecified atom stereocenters. The van der Waals surface area contributed by atoms with Crippen LogP contribution in [0.1, 0.15) is 13.3 Å². The predicted octanol–water partition coefficient (Wildman–Crippen LogP) is 3.93. The van der Waals surface area contributed by atoms with E-state index < -0.39 is 20.9 Å². The van der Waals surface area contributed by atoms with Gasteiger partial charge in [0.15, 0.2) is 5.82 Å². The zero-order chi connectivity index (χ0) is 15.1. The molecule has 0 bridgehead atoms. The van der Waals surface area contributed by atoms with Crippen LogP contribution in [0.25, 0.3) is 0 Å². The Kier molecular flexibility index (Phi) is 5.02. The third-order valence-corrected chi connectivity index (χ3v) is 7.32. The molecule has 0 amide bonds. The molecule has 0 saturated carbocycles. The van der Waals surface area contributed by atoms with Crippen molar-refractivity contribution in [3.8, 4) is 0 Å². The Morgan fingerprint density at radius 2 is 2.05 bits per heavy atom. The van der Waals surface area contributed by atoms with E-state index >= 15 is 0 Å². The number of sulfonamides is 1. The van der Waals surface area contributed by atoms with Gasteiger partial charge in [-0.15, -0.1) is 0 Å². The summed E-state index contributed by atoms with van der Waals surface area (Å²) in [6.07, 6.45) is 0.739. The van der Waals surface area contributed by atoms with Gasteiger partial charge >= 0.3 is 0 Å². The van der Waals surface area contributed by atoms with Crippen LogP contribution in [-0.4, -0.2) is 30.6 Å². The molecule has 0 spiro atoms. The first kappa shape index (κ1) is 16.5. The highest BCUT2D eigenvalue weighted by Crippen LogP contribution is 2.33. The third kappa shape index (κ3) is 2.99. The maximum Gasteiger partial charge on any atom is 0.244 e. The summed E-state index contributed by atoms with van der Waals surface area (Å²) in [4.78, 5) is -0.169. The Hall–Kier alpha value is 0.120. The molecule has 2 atom stereocenters. The highest BCUT2D eigenvalue weighted by atomic mass is 79.9. The molecule has 1 fully saturated rings. The van der Waals surface area contributed by atoms with Gasteiger partial charge in [0.1, 0.15) is 4.90 Å². The number of hydrogen-bond acceptors (Lipinski definition) is 2. The van der Waals surface area contributed by atoms with Crippen molar-refractivity contribution < 1.29 is 12.8 Å². The molecular formula is C12H13BrCl2FNO2S. The van der Waals surface area contributed by atoms with Gasteiger partial charge in [0.2, 0.25) is 10.0 Å². The summed E-state index contributed by atoms with van der Waals surface area (Å²) in [5.41, 5.74) is 0. The van der Waals surface area contributed by atoms with Gasteiger partial charge in [-0.1, -0.05) is 46.1 Å². The lowest BCUT2D eigenvalue weighted by atomic mass is 10.0. The minimum Gasteiger partial charge on any atom is -0.207 e. The second-order valence-electron chi connectivity index (χ2n) is 4.82. The fraction of sp³-hybridized carbons (Fsp3) is 0.500. The minimum atomic E-state index is -3.82. The first-order valence-electron chi connectivity index (χ1n) is 6.03. The van der Waals surface area contributed by atoms with Crippen LogP contribution < -0.4 is 0 Å². The van der Waals surface area contributed by atoms with Crippen LogP contribution in [0.5, 0.6) is 0 Å². The predicted molar refractivity (Wildman–Crippen MR) is 81.7 cm³/mol. The Labute approximate surface area is 136 Å². The molecule has 1 aromatic carbocycles. The summed E-state index contributed by atoms with van der Waals surface area (Å²) in [5, 5.41) is -0.651. The first-order valence-corrected chi connectivity index (χ1v) is 9.14. The number of alkyl halides is 1. The van der Waals surface area contributed by atoms with Gasteiger partial charge in [0.25, 0.3) is 0 Å². The molecule has 3 nitrogen and oxygen atoms in total. The lowest BCUT2D eigenvalue weighted by Crippen LogP contribution is -2.43. The molecule has 1 heterocycles. The van der Waals surface area contributed by atoms with Gasteiger partial charge in [-0.3, -0.25) is 0 Å². The summed E-state index contributed by atoms with van der Waals surface area (Å²) >= 11 is 14.8. The van der Waals surface area contributed by atoms with Crippen molar-refractivity contribution >= 4 is 49.2 Å². The Balaban J connectivity index is 2.39. The molecule has 20 heavy (non-hydrogen) atoms. The van der Waals surface area contributed by atoms with Crippen molar-refractivity contribution in [3.63, 3.8) is 0 Å². The van der Waals surface area contributed by atoms with E-state index in [1.165, 1.54) is 16.4 Å². The molecule has 1 saturated heterocycles. The summed E-state index contributed by atoms with van der Waals surface area (Å²) in [7, 11) is -3.82. The first-order chi connectivity index (χ1) is 9.25. The number of hydrogen-bond donors (Lipinski definition) is 0. The molecule has 1 aromatic rings. The average molecular weight is 405 g/mol. The van der Waals surface area contributed by atoms with Crippen molar-refractivity contribution in [2.24, 2.45) is 5.92 Å². The van der Waals surface area contributed by atoms with E-state index in [2.05, 4.69) is 22.9 Å². The van der Waals surface area contributed by atoms with Crippen molar-refractivity contribution in [3.05, 3.63) is 28.0 Å². The van der Waals surface area contributed by atoms with E-state index in [-0.39, 0.29) is 14.7 Å². The molecule has 0 radical (unpaired) electrons. The zero-order valence-electron chi connectivity index (χ0n) is 10.6. The van der Waals surface area contributed by atoms with Gasteiger partial charge < -0.3 is 0 Å². The molecule has 1 aliphatic heterocycles. The molecule has 0 aliphatic carbocycles. The van der Waals surface area contributed by atoms with Crippen LogP contribution in [0.3, 0.4) is 0 Å². The van der Waals surface area contributed by atoms with E-state index in [0.717, 1.165) is 6.42 Å². The van der Waals surface area contributed by atoms with E-state index in [4.69, 9.17) is 23.2 Å². The standard InChI is InChI=1S/C12H13BrCl2FNO2S/c1-7-4-5-17(6-8(7)13)20(18,19)10-3-2-9(14)12(16)11(10)15/h2-3,7-8H,4-6H2,1H3. The molecule has 2 rings (SSSR count). The number of halogens is 4. The highest BCUT2D eigenvalue weighted by molar-refractivity contribution is 9.09. The van der Waals surface area contributed by atoms with Crippen LogP contribution in [0.15, 0.2) is 17.0 Å².